The second-order valence-corrected chi connectivity index (χ2v) is 5.92. The van der Waals surface area contributed by atoms with Crippen molar-refractivity contribution < 1.29 is 4.74 Å². The van der Waals surface area contributed by atoms with E-state index in [0.717, 1.165) is 39.1 Å². The molecule has 0 saturated carbocycles. The Morgan fingerprint density at radius 1 is 1.04 bits per heavy atom. The summed E-state index contributed by atoms with van der Waals surface area (Å²) < 4.78 is 5.46. The van der Waals surface area contributed by atoms with Gasteiger partial charge in [-0.15, -0.1) is 0 Å². The first kappa shape index (κ1) is 16.5. The normalized spacial score (nSPS) is 10.3. The number of methoxy groups -OCH3 is 1. The van der Waals surface area contributed by atoms with Crippen LogP contribution < -0.4 is 10.5 Å². The lowest BCUT2D eigenvalue weighted by Gasteiger charge is -2.17. The fraction of sp³-hybridized carbons (Fsp3) is 0.143. The lowest BCUT2D eigenvalue weighted by molar-refractivity contribution is 0.412. The molecule has 25 heavy (non-hydrogen) atoms. The molecule has 1 heterocycles. The van der Waals surface area contributed by atoms with E-state index in [4.69, 9.17) is 10.5 Å². The van der Waals surface area contributed by atoms with Crippen LogP contribution in [0.4, 0.5) is 5.69 Å². The lowest BCUT2D eigenvalue weighted by Crippen LogP contribution is -2.00. The molecule has 0 radical (unpaired) electrons. The number of benzene rings is 2. The van der Waals surface area contributed by atoms with E-state index in [1.54, 1.807) is 19.5 Å². The first-order valence-electron chi connectivity index (χ1n) is 7.95. The van der Waals surface area contributed by atoms with Crippen LogP contribution in [0.5, 0.6) is 5.75 Å². The van der Waals surface area contributed by atoms with Gasteiger partial charge in [-0.1, -0.05) is 6.07 Å². The van der Waals surface area contributed by atoms with Gasteiger partial charge in [0.05, 0.1) is 18.4 Å². The van der Waals surface area contributed by atoms with Gasteiger partial charge >= 0.3 is 0 Å². The molecule has 0 spiro atoms. The van der Waals surface area contributed by atoms with E-state index < -0.39 is 0 Å². The second-order valence-electron chi connectivity index (χ2n) is 5.92. The van der Waals surface area contributed by atoms with Crippen molar-refractivity contribution in [3.63, 3.8) is 0 Å². The highest BCUT2D eigenvalue weighted by Gasteiger charge is 2.16. The molecule has 0 saturated heterocycles. The fourth-order valence-electron chi connectivity index (χ4n) is 3.13. The predicted molar refractivity (Wildman–Crippen MR) is 100 cm³/mol. The number of nitriles is 1. The molecule has 0 aliphatic carbocycles. The van der Waals surface area contributed by atoms with E-state index in [9.17, 15) is 5.26 Å². The Hall–Kier alpha value is -3.32. The number of nitrogen functional groups attached to an aromatic ring is 1. The minimum atomic E-state index is 0.464. The number of anilines is 1. The molecule has 3 aromatic rings. The third-order valence-corrected chi connectivity index (χ3v) is 4.43. The summed E-state index contributed by atoms with van der Waals surface area (Å²) in [5.74, 6) is 0.799. The maximum atomic E-state index is 9.53. The molecule has 4 heteroatoms. The summed E-state index contributed by atoms with van der Waals surface area (Å²) in [5.41, 5.74) is 13.1. The zero-order valence-corrected chi connectivity index (χ0v) is 14.5. The molecule has 0 bridgehead atoms. The Morgan fingerprint density at radius 2 is 1.76 bits per heavy atom. The molecule has 0 aliphatic rings. The van der Waals surface area contributed by atoms with Gasteiger partial charge in [-0.3, -0.25) is 4.98 Å². The number of hydrogen-bond donors (Lipinski definition) is 1. The molecular formula is C21H19N3O. The zero-order chi connectivity index (χ0) is 18.0. The standard InChI is InChI=1S/C21H19N3O/c1-13-4-5-19(25-3)14(2)20(13)18-11-16(10-17(12-22)21(18)23)15-6-8-24-9-7-15/h4-11H,23H2,1-3H3. The van der Waals surface area contributed by atoms with Gasteiger partial charge in [0.25, 0.3) is 0 Å². The van der Waals surface area contributed by atoms with Crippen LogP contribution in [-0.4, -0.2) is 12.1 Å². The summed E-state index contributed by atoms with van der Waals surface area (Å²) in [6, 6.07) is 13.8. The summed E-state index contributed by atoms with van der Waals surface area (Å²) in [4.78, 5) is 4.06. The molecule has 0 aliphatic heterocycles. The smallest absolute Gasteiger partial charge is 0.122 e. The van der Waals surface area contributed by atoms with Crippen LogP contribution in [0.15, 0.2) is 48.8 Å². The average Bonchev–Trinajstić information content (AvgIpc) is 2.64. The topological polar surface area (TPSA) is 71.9 Å². The van der Waals surface area contributed by atoms with Gasteiger partial charge in [0, 0.05) is 18.0 Å². The third-order valence-electron chi connectivity index (χ3n) is 4.43. The van der Waals surface area contributed by atoms with Crippen LogP contribution in [0.1, 0.15) is 16.7 Å². The number of rotatable bonds is 3. The Morgan fingerprint density at radius 3 is 2.40 bits per heavy atom. The summed E-state index contributed by atoms with van der Waals surface area (Å²) in [6.45, 7) is 4.04. The highest BCUT2D eigenvalue weighted by molar-refractivity contribution is 5.88. The number of hydrogen-bond acceptors (Lipinski definition) is 4. The maximum Gasteiger partial charge on any atom is 0.122 e. The molecular weight excluding hydrogens is 310 g/mol. The number of nitrogens with zero attached hydrogens (tertiary/aromatic N) is 2. The van der Waals surface area contributed by atoms with Crippen LogP contribution >= 0.6 is 0 Å². The van der Waals surface area contributed by atoms with Crippen LogP contribution in [0.25, 0.3) is 22.3 Å². The maximum absolute atomic E-state index is 9.53. The van der Waals surface area contributed by atoms with Gasteiger partial charge in [0.15, 0.2) is 0 Å². The molecule has 0 amide bonds. The van der Waals surface area contributed by atoms with Crippen molar-refractivity contribution >= 4 is 5.69 Å². The number of aromatic nitrogens is 1. The van der Waals surface area contributed by atoms with Crippen molar-refractivity contribution in [2.45, 2.75) is 13.8 Å². The van der Waals surface area contributed by atoms with Crippen molar-refractivity contribution in [1.82, 2.24) is 4.98 Å². The molecule has 0 fully saturated rings. The van der Waals surface area contributed by atoms with Gasteiger partial charge in [-0.05, 0) is 72.0 Å². The first-order valence-corrected chi connectivity index (χ1v) is 7.95. The van der Waals surface area contributed by atoms with Crippen LogP contribution in [0, 0.1) is 25.2 Å². The SMILES string of the molecule is COc1ccc(C)c(-c2cc(-c3ccncc3)cc(C#N)c2N)c1C. The van der Waals surface area contributed by atoms with E-state index in [2.05, 4.69) is 11.1 Å². The molecule has 0 unspecified atom stereocenters. The highest BCUT2D eigenvalue weighted by atomic mass is 16.5. The summed E-state index contributed by atoms with van der Waals surface area (Å²) in [5, 5.41) is 9.53. The molecule has 4 nitrogen and oxygen atoms in total. The summed E-state index contributed by atoms with van der Waals surface area (Å²) in [7, 11) is 1.65. The van der Waals surface area contributed by atoms with Crippen LogP contribution in [0.3, 0.4) is 0 Å². The second kappa shape index (κ2) is 6.66. The fourth-order valence-corrected chi connectivity index (χ4v) is 3.13. The molecule has 1 aromatic heterocycles. The molecule has 0 atom stereocenters. The number of pyridine rings is 1. The number of nitrogens with two attached hydrogens (primary N) is 1. The molecule has 2 aromatic carbocycles. The van der Waals surface area contributed by atoms with E-state index in [-0.39, 0.29) is 0 Å². The monoisotopic (exact) mass is 329 g/mol. The Balaban J connectivity index is 2.33. The van der Waals surface area contributed by atoms with Gasteiger partial charge in [0.1, 0.15) is 11.8 Å². The van der Waals surface area contributed by atoms with E-state index >= 15 is 0 Å². The van der Waals surface area contributed by atoms with Crippen molar-refractivity contribution in [3.8, 4) is 34.1 Å². The Bertz CT molecular complexity index is 973. The minimum Gasteiger partial charge on any atom is -0.496 e. The average molecular weight is 329 g/mol. The lowest BCUT2D eigenvalue weighted by atomic mass is 9.90. The van der Waals surface area contributed by atoms with Gasteiger partial charge in [-0.2, -0.15) is 5.26 Å². The van der Waals surface area contributed by atoms with Gasteiger partial charge in [-0.25, -0.2) is 0 Å². The minimum absolute atomic E-state index is 0.464. The summed E-state index contributed by atoms with van der Waals surface area (Å²) >= 11 is 0. The third kappa shape index (κ3) is 2.92. The van der Waals surface area contributed by atoms with E-state index in [1.165, 1.54) is 0 Å². The first-order chi connectivity index (χ1) is 12.1. The van der Waals surface area contributed by atoms with Gasteiger partial charge in [0.2, 0.25) is 0 Å². The van der Waals surface area contributed by atoms with Crippen molar-refractivity contribution in [2.75, 3.05) is 12.8 Å². The Labute approximate surface area is 147 Å². The number of aryl methyl sites for hydroxylation is 1. The van der Waals surface area contributed by atoms with E-state index in [1.807, 2.05) is 50.2 Å². The van der Waals surface area contributed by atoms with Crippen molar-refractivity contribution in [2.24, 2.45) is 0 Å². The highest BCUT2D eigenvalue weighted by Crippen LogP contribution is 2.39. The van der Waals surface area contributed by atoms with E-state index in [0.29, 0.717) is 11.3 Å². The van der Waals surface area contributed by atoms with Crippen molar-refractivity contribution in [3.05, 3.63) is 65.5 Å². The number of ether oxygens (including phenoxy) is 1. The Kier molecular flexibility index (Phi) is 4.40. The van der Waals surface area contributed by atoms with Crippen LogP contribution in [-0.2, 0) is 0 Å². The zero-order valence-electron chi connectivity index (χ0n) is 14.5. The molecule has 2 N–H and O–H groups in total. The molecule has 124 valence electrons. The molecule has 3 rings (SSSR count). The van der Waals surface area contributed by atoms with Crippen molar-refractivity contribution in [1.29, 1.82) is 5.26 Å². The van der Waals surface area contributed by atoms with Gasteiger partial charge < -0.3 is 10.5 Å². The predicted octanol–water partition coefficient (Wildman–Crippen LogP) is 4.49. The summed E-state index contributed by atoms with van der Waals surface area (Å²) in [6.07, 6.45) is 3.47. The largest absolute Gasteiger partial charge is 0.496 e. The quantitative estimate of drug-likeness (QED) is 0.718. The van der Waals surface area contributed by atoms with Crippen LogP contribution in [0.2, 0.25) is 0 Å².